The number of benzene rings is 2. The van der Waals surface area contributed by atoms with Crippen molar-refractivity contribution >= 4 is 22.3 Å². The van der Waals surface area contributed by atoms with Gasteiger partial charge in [-0.2, -0.15) is 0 Å². The number of aromatic nitrogens is 5. The fraction of sp³-hybridized carbons (Fsp3) is 0.118. The second-order valence-electron chi connectivity index (χ2n) is 5.59. The predicted molar refractivity (Wildman–Crippen MR) is 88.1 cm³/mol. The van der Waals surface area contributed by atoms with E-state index in [1.165, 1.54) is 4.57 Å². The van der Waals surface area contributed by atoms with Crippen molar-refractivity contribution in [3.63, 3.8) is 0 Å². The number of carbonyl (C=O) groups excluding carboxylic acids is 1. The molecule has 0 amide bonds. The number of hydrogen-bond donors (Lipinski definition) is 0. The molecule has 0 spiro atoms. The van der Waals surface area contributed by atoms with Gasteiger partial charge >= 0.3 is 5.69 Å². The maximum absolute atomic E-state index is 12.7. The Hall–Kier alpha value is -3.35. The number of rotatable bonds is 3. The predicted octanol–water partition coefficient (Wildman–Crippen LogP) is 1.63. The molecule has 7 nitrogen and oxygen atoms in total. The van der Waals surface area contributed by atoms with Crippen molar-refractivity contribution in [3.8, 4) is 0 Å². The first-order chi connectivity index (χ1) is 11.6. The summed E-state index contributed by atoms with van der Waals surface area (Å²) in [6, 6.07) is 14.5. The molecule has 0 unspecified atom stereocenters. The van der Waals surface area contributed by atoms with Gasteiger partial charge in [0, 0.05) is 10.9 Å². The van der Waals surface area contributed by atoms with Crippen molar-refractivity contribution in [1.82, 2.24) is 24.6 Å². The van der Waals surface area contributed by atoms with Gasteiger partial charge in [0.1, 0.15) is 0 Å². The molecule has 0 N–H and O–H groups in total. The highest BCUT2D eigenvalue weighted by Gasteiger charge is 2.15. The number of hydrogen-bond acceptors (Lipinski definition) is 5. The molecule has 24 heavy (non-hydrogen) atoms. The smallest absolute Gasteiger partial charge is 0.292 e. The van der Waals surface area contributed by atoms with Crippen molar-refractivity contribution in [2.24, 2.45) is 0 Å². The van der Waals surface area contributed by atoms with E-state index in [-0.39, 0.29) is 12.3 Å². The molecule has 0 saturated heterocycles. The van der Waals surface area contributed by atoms with E-state index in [1.807, 2.05) is 37.3 Å². The van der Waals surface area contributed by atoms with Crippen LogP contribution in [0.15, 0.2) is 53.3 Å². The maximum atomic E-state index is 12.7. The molecule has 2 heterocycles. The van der Waals surface area contributed by atoms with E-state index in [2.05, 4.69) is 15.5 Å². The fourth-order valence-corrected chi connectivity index (χ4v) is 2.73. The summed E-state index contributed by atoms with van der Waals surface area (Å²) >= 11 is 0. The summed E-state index contributed by atoms with van der Waals surface area (Å²) in [4.78, 5) is 25.2. The van der Waals surface area contributed by atoms with Crippen LogP contribution in [0.5, 0.6) is 0 Å². The first kappa shape index (κ1) is 14.3. The second-order valence-corrected chi connectivity index (χ2v) is 5.59. The first-order valence-electron chi connectivity index (χ1n) is 7.44. The normalized spacial score (nSPS) is 11.2. The molecular formula is C17H13N5O2. The summed E-state index contributed by atoms with van der Waals surface area (Å²) in [6.07, 6.45) is 0. The van der Waals surface area contributed by atoms with E-state index >= 15 is 0 Å². The van der Waals surface area contributed by atoms with Crippen LogP contribution < -0.4 is 5.69 Å². The Morgan fingerprint density at radius 1 is 1.08 bits per heavy atom. The Morgan fingerprint density at radius 3 is 2.62 bits per heavy atom. The minimum atomic E-state index is -0.436. The summed E-state index contributed by atoms with van der Waals surface area (Å²) in [5.74, 6) is -0.144. The molecule has 118 valence electrons. The lowest BCUT2D eigenvalue weighted by molar-refractivity contribution is 0.0971. The molecule has 0 fully saturated rings. The molecule has 0 saturated carbocycles. The molecule has 2 aromatic carbocycles. The topological polar surface area (TPSA) is 82.2 Å². The molecule has 0 aliphatic carbocycles. The van der Waals surface area contributed by atoms with Crippen LogP contribution >= 0.6 is 0 Å². The van der Waals surface area contributed by atoms with E-state index in [0.29, 0.717) is 16.7 Å². The molecular weight excluding hydrogens is 306 g/mol. The van der Waals surface area contributed by atoms with E-state index in [1.54, 1.807) is 18.2 Å². The molecule has 2 aromatic heterocycles. The Labute approximate surface area is 136 Å². The van der Waals surface area contributed by atoms with Gasteiger partial charge in [-0.1, -0.05) is 42.0 Å². The number of nitrogens with zero attached hydrogens (tertiary/aromatic N) is 5. The zero-order chi connectivity index (χ0) is 16.7. The van der Waals surface area contributed by atoms with Crippen LogP contribution in [0.2, 0.25) is 0 Å². The molecule has 0 atom stereocenters. The summed E-state index contributed by atoms with van der Waals surface area (Å²) in [6.45, 7) is 1.89. The Kier molecular flexibility index (Phi) is 3.19. The van der Waals surface area contributed by atoms with Gasteiger partial charge in [0.2, 0.25) is 0 Å². The number of fused-ring (bicyclic) bond motifs is 3. The molecule has 0 bridgehead atoms. The number of tetrazole rings is 1. The third-order valence-corrected chi connectivity index (χ3v) is 3.99. The lowest BCUT2D eigenvalue weighted by atomic mass is 10.1. The van der Waals surface area contributed by atoms with E-state index in [9.17, 15) is 9.59 Å². The summed E-state index contributed by atoms with van der Waals surface area (Å²) in [7, 11) is 0. The average molecular weight is 319 g/mol. The van der Waals surface area contributed by atoms with Crippen LogP contribution in [0.1, 0.15) is 15.9 Å². The van der Waals surface area contributed by atoms with Gasteiger partial charge in [0.15, 0.2) is 11.4 Å². The largest absolute Gasteiger partial charge is 0.353 e. The van der Waals surface area contributed by atoms with Crippen molar-refractivity contribution in [2.45, 2.75) is 13.5 Å². The fourth-order valence-electron chi connectivity index (χ4n) is 2.73. The third-order valence-electron chi connectivity index (χ3n) is 3.99. The first-order valence-corrected chi connectivity index (χ1v) is 7.44. The minimum absolute atomic E-state index is 0.0712. The highest BCUT2D eigenvalue weighted by Crippen LogP contribution is 2.16. The summed E-state index contributed by atoms with van der Waals surface area (Å²) < 4.78 is 2.52. The molecule has 7 heteroatoms. The van der Waals surface area contributed by atoms with Gasteiger partial charge in [-0.05, 0) is 29.5 Å². The molecule has 0 aliphatic heterocycles. The zero-order valence-corrected chi connectivity index (χ0v) is 12.9. The van der Waals surface area contributed by atoms with Crippen LogP contribution in [-0.4, -0.2) is 30.4 Å². The second kappa shape index (κ2) is 5.38. The number of aryl methyl sites for hydroxylation is 1. The number of Topliss-reactive ketones (excluding diaryl/α,β-unsaturated/α-hetero) is 1. The SMILES string of the molecule is Cc1ccc(C(=O)Cn2c(=O)n3nnnc3c3ccccc32)cc1. The molecule has 0 radical (unpaired) electrons. The average Bonchev–Trinajstić information content (AvgIpc) is 3.09. The van der Waals surface area contributed by atoms with Gasteiger partial charge in [-0.15, -0.1) is 9.61 Å². The van der Waals surface area contributed by atoms with Gasteiger partial charge in [-0.25, -0.2) is 4.79 Å². The summed E-state index contributed by atoms with van der Waals surface area (Å²) in [5.41, 5.74) is 2.21. The Bertz CT molecular complexity index is 1130. The van der Waals surface area contributed by atoms with Crippen LogP contribution in [0.3, 0.4) is 0 Å². The summed E-state index contributed by atoms with van der Waals surface area (Å²) in [5, 5.41) is 11.9. The monoisotopic (exact) mass is 319 g/mol. The van der Waals surface area contributed by atoms with Crippen LogP contribution in [-0.2, 0) is 6.54 Å². The van der Waals surface area contributed by atoms with Gasteiger partial charge < -0.3 is 0 Å². The lowest BCUT2D eigenvalue weighted by Crippen LogP contribution is -2.30. The number of para-hydroxylation sites is 1. The third kappa shape index (κ3) is 2.18. The van der Waals surface area contributed by atoms with E-state index < -0.39 is 5.69 Å². The van der Waals surface area contributed by atoms with Crippen molar-refractivity contribution in [1.29, 1.82) is 0 Å². The van der Waals surface area contributed by atoms with Gasteiger partial charge in [0.05, 0.1) is 12.1 Å². The molecule has 0 aliphatic rings. The number of carbonyl (C=O) groups is 1. The highest BCUT2D eigenvalue weighted by atomic mass is 16.2. The highest BCUT2D eigenvalue weighted by molar-refractivity contribution is 5.97. The zero-order valence-electron chi connectivity index (χ0n) is 12.9. The Morgan fingerprint density at radius 2 is 1.83 bits per heavy atom. The lowest BCUT2D eigenvalue weighted by Gasteiger charge is -2.10. The van der Waals surface area contributed by atoms with E-state index in [4.69, 9.17) is 0 Å². The van der Waals surface area contributed by atoms with Crippen molar-refractivity contribution in [2.75, 3.05) is 0 Å². The van der Waals surface area contributed by atoms with Gasteiger partial charge in [0.25, 0.3) is 0 Å². The van der Waals surface area contributed by atoms with Crippen LogP contribution in [0.25, 0.3) is 16.6 Å². The standard InChI is InChI=1S/C17H13N5O2/c1-11-6-8-12(9-7-11)15(23)10-21-14-5-3-2-4-13(14)16-18-19-20-22(16)17(21)24/h2-9H,10H2,1H3. The minimum Gasteiger partial charge on any atom is -0.292 e. The van der Waals surface area contributed by atoms with E-state index in [0.717, 1.165) is 15.5 Å². The van der Waals surface area contributed by atoms with Gasteiger partial charge in [-0.3, -0.25) is 9.36 Å². The molecule has 4 aromatic rings. The van der Waals surface area contributed by atoms with Crippen LogP contribution in [0.4, 0.5) is 0 Å². The maximum Gasteiger partial charge on any atom is 0.353 e. The quantitative estimate of drug-likeness (QED) is 0.536. The van der Waals surface area contributed by atoms with Crippen LogP contribution in [0, 0.1) is 6.92 Å². The van der Waals surface area contributed by atoms with Crippen molar-refractivity contribution < 1.29 is 4.79 Å². The molecule has 4 rings (SSSR count). The Balaban J connectivity index is 1.89. The van der Waals surface area contributed by atoms with Crippen molar-refractivity contribution in [3.05, 3.63) is 70.1 Å². The number of ketones is 1.